The van der Waals surface area contributed by atoms with Crippen molar-refractivity contribution >= 4 is 10.0 Å². The number of aliphatic hydroxyl groups is 1. The number of aliphatic hydroxyl groups excluding tert-OH is 1. The minimum atomic E-state index is -3.66. The molecule has 0 saturated carbocycles. The highest BCUT2D eigenvalue weighted by Gasteiger charge is 2.14. The molecule has 1 atom stereocenters. The van der Waals surface area contributed by atoms with E-state index in [1.165, 1.54) is 41.1 Å². The van der Waals surface area contributed by atoms with Crippen molar-refractivity contribution in [1.82, 2.24) is 9.29 Å². The Hall–Kier alpha value is -2.03. The van der Waals surface area contributed by atoms with Crippen LogP contribution in [0, 0.1) is 5.82 Å². The molecule has 0 fully saturated rings. The standard InChI is InChI=1S/C15H17FN2O4S/c16-13-6-4-12(5-7-13)11-23(21,22)17-9-14(19)10-18-8-2-1-3-15(18)20/h1-8,14,17,19H,9-11H2. The number of aromatic nitrogens is 1. The van der Waals surface area contributed by atoms with E-state index in [-0.39, 0.29) is 24.4 Å². The summed E-state index contributed by atoms with van der Waals surface area (Å²) in [5.74, 6) is -0.756. The third-order valence-corrected chi connectivity index (χ3v) is 4.44. The lowest BCUT2D eigenvalue weighted by Crippen LogP contribution is -2.36. The molecule has 23 heavy (non-hydrogen) atoms. The Morgan fingerprint density at radius 3 is 2.52 bits per heavy atom. The second-order valence-electron chi connectivity index (χ2n) is 5.08. The van der Waals surface area contributed by atoms with Crippen molar-refractivity contribution in [2.24, 2.45) is 0 Å². The van der Waals surface area contributed by atoms with Gasteiger partial charge in [0.05, 0.1) is 18.4 Å². The summed E-state index contributed by atoms with van der Waals surface area (Å²) in [5.41, 5.74) is 0.161. The van der Waals surface area contributed by atoms with E-state index >= 15 is 0 Å². The Kier molecular flexibility index (Phi) is 5.64. The van der Waals surface area contributed by atoms with Gasteiger partial charge < -0.3 is 9.67 Å². The molecule has 0 spiro atoms. The molecular weight excluding hydrogens is 323 g/mol. The molecule has 0 aliphatic carbocycles. The van der Waals surface area contributed by atoms with Gasteiger partial charge in [-0.3, -0.25) is 4.79 Å². The van der Waals surface area contributed by atoms with Gasteiger partial charge in [-0.15, -0.1) is 0 Å². The van der Waals surface area contributed by atoms with Crippen molar-refractivity contribution in [2.45, 2.75) is 18.4 Å². The Balaban J connectivity index is 1.90. The SMILES string of the molecule is O=c1ccccn1CC(O)CNS(=O)(=O)Cc1ccc(F)cc1. The van der Waals surface area contributed by atoms with Crippen LogP contribution in [0.25, 0.3) is 0 Å². The maximum absolute atomic E-state index is 12.8. The van der Waals surface area contributed by atoms with Crippen LogP contribution in [-0.4, -0.2) is 30.7 Å². The average Bonchev–Trinajstić information content (AvgIpc) is 2.50. The number of rotatable bonds is 7. The number of halogens is 1. The lowest BCUT2D eigenvalue weighted by molar-refractivity contribution is 0.156. The average molecular weight is 340 g/mol. The first-order valence-corrected chi connectivity index (χ1v) is 8.56. The van der Waals surface area contributed by atoms with E-state index in [4.69, 9.17) is 0 Å². The van der Waals surface area contributed by atoms with Crippen LogP contribution in [0.3, 0.4) is 0 Å². The monoisotopic (exact) mass is 340 g/mol. The molecule has 1 aromatic carbocycles. The molecule has 1 heterocycles. The topological polar surface area (TPSA) is 88.4 Å². The minimum absolute atomic E-state index is 0.0151. The molecule has 6 nitrogen and oxygen atoms in total. The Morgan fingerprint density at radius 2 is 1.87 bits per heavy atom. The van der Waals surface area contributed by atoms with Crippen LogP contribution >= 0.6 is 0 Å². The predicted molar refractivity (Wildman–Crippen MR) is 83.7 cm³/mol. The van der Waals surface area contributed by atoms with Gasteiger partial charge in [-0.25, -0.2) is 17.5 Å². The second kappa shape index (κ2) is 7.49. The van der Waals surface area contributed by atoms with Gasteiger partial charge in [-0.2, -0.15) is 0 Å². The van der Waals surface area contributed by atoms with E-state index in [1.807, 2.05) is 0 Å². The van der Waals surface area contributed by atoms with Crippen molar-refractivity contribution in [1.29, 1.82) is 0 Å². The number of pyridine rings is 1. The fourth-order valence-electron chi connectivity index (χ4n) is 1.98. The van der Waals surface area contributed by atoms with Crippen LogP contribution in [0.1, 0.15) is 5.56 Å². The maximum atomic E-state index is 12.8. The molecule has 2 aromatic rings. The van der Waals surface area contributed by atoms with Crippen LogP contribution in [0.4, 0.5) is 4.39 Å². The smallest absolute Gasteiger partial charge is 0.250 e. The first-order valence-electron chi connectivity index (χ1n) is 6.91. The number of nitrogens with zero attached hydrogens (tertiary/aromatic N) is 1. The second-order valence-corrected chi connectivity index (χ2v) is 6.89. The first kappa shape index (κ1) is 17.3. The normalized spacial score (nSPS) is 13.0. The summed E-state index contributed by atoms with van der Waals surface area (Å²) in [5, 5.41) is 9.86. The highest BCUT2D eigenvalue weighted by Crippen LogP contribution is 2.06. The Labute approximate surface area is 133 Å². The molecular formula is C15H17FN2O4S. The predicted octanol–water partition coefficient (Wildman–Crippen LogP) is 0.468. The van der Waals surface area contributed by atoms with Crippen molar-refractivity contribution in [3.05, 3.63) is 70.4 Å². The van der Waals surface area contributed by atoms with Crippen LogP contribution in [-0.2, 0) is 22.3 Å². The Morgan fingerprint density at radius 1 is 1.17 bits per heavy atom. The van der Waals surface area contributed by atoms with E-state index in [9.17, 15) is 22.7 Å². The number of hydrogen-bond donors (Lipinski definition) is 2. The quantitative estimate of drug-likeness (QED) is 0.767. The summed E-state index contributed by atoms with van der Waals surface area (Å²) >= 11 is 0. The van der Waals surface area contributed by atoms with Gasteiger partial charge in [0.2, 0.25) is 10.0 Å². The van der Waals surface area contributed by atoms with Gasteiger partial charge in [0.1, 0.15) is 5.82 Å². The van der Waals surface area contributed by atoms with E-state index < -0.39 is 21.9 Å². The third-order valence-electron chi connectivity index (χ3n) is 3.12. The molecule has 1 unspecified atom stereocenters. The molecule has 0 aliphatic rings. The largest absolute Gasteiger partial charge is 0.390 e. The number of sulfonamides is 1. The minimum Gasteiger partial charge on any atom is -0.390 e. The van der Waals surface area contributed by atoms with Gasteiger partial charge in [0.25, 0.3) is 5.56 Å². The van der Waals surface area contributed by atoms with Crippen molar-refractivity contribution < 1.29 is 17.9 Å². The summed E-state index contributed by atoms with van der Waals surface area (Å²) in [4.78, 5) is 11.5. The maximum Gasteiger partial charge on any atom is 0.250 e. The zero-order valence-corrected chi connectivity index (χ0v) is 13.0. The molecule has 0 radical (unpaired) electrons. The van der Waals surface area contributed by atoms with E-state index in [2.05, 4.69) is 4.72 Å². The highest BCUT2D eigenvalue weighted by atomic mass is 32.2. The first-order chi connectivity index (χ1) is 10.9. The number of hydrogen-bond acceptors (Lipinski definition) is 4. The zero-order valence-electron chi connectivity index (χ0n) is 12.2. The lowest BCUT2D eigenvalue weighted by Gasteiger charge is -2.13. The van der Waals surface area contributed by atoms with E-state index in [0.29, 0.717) is 5.56 Å². The fraction of sp³-hybridized carbons (Fsp3) is 0.267. The van der Waals surface area contributed by atoms with Crippen molar-refractivity contribution in [2.75, 3.05) is 6.54 Å². The molecule has 0 saturated heterocycles. The van der Waals surface area contributed by atoms with E-state index in [0.717, 1.165) is 0 Å². The molecule has 8 heteroatoms. The fourth-order valence-corrected chi connectivity index (χ4v) is 3.16. The molecule has 0 aliphatic heterocycles. The van der Waals surface area contributed by atoms with Gasteiger partial charge in [0.15, 0.2) is 0 Å². The molecule has 1 aromatic heterocycles. The molecule has 0 bridgehead atoms. The summed E-state index contributed by atoms with van der Waals surface area (Å²) in [6.45, 7) is -0.233. The summed E-state index contributed by atoms with van der Waals surface area (Å²) in [6.07, 6.45) is 0.469. The highest BCUT2D eigenvalue weighted by molar-refractivity contribution is 7.88. The summed E-state index contributed by atoms with van der Waals surface area (Å²) < 4.78 is 40.2. The zero-order chi connectivity index (χ0) is 16.9. The van der Waals surface area contributed by atoms with Crippen LogP contribution in [0.5, 0.6) is 0 Å². The molecule has 2 N–H and O–H groups in total. The Bertz CT molecular complexity index is 803. The van der Waals surface area contributed by atoms with E-state index in [1.54, 1.807) is 12.1 Å². The van der Waals surface area contributed by atoms with Crippen LogP contribution in [0.15, 0.2) is 53.5 Å². The third kappa shape index (κ3) is 5.59. The van der Waals surface area contributed by atoms with Gasteiger partial charge in [0, 0.05) is 18.8 Å². The molecule has 0 amide bonds. The summed E-state index contributed by atoms with van der Waals surface area (Å²) in [6, 6.07) is 9.71. The van der Waals surface area contributed by atoms with Gasteiger partial charge in [-0.1, -0.05) is 18.2 Å². The van der Waals surface area contributed by atoms with Crippen LogP contribution < -0.4 is 10.3 Å². The lowest BCUT2D eigenvalue weighted by atomic mass is 10.2. The number of benzene rings is 1. The molecule has 124 valence electrons. The van der Waals surface area contributed by atoms with Crippen LogP contribution in [0.2, 0.25) is 0 Å². The van der Waals surface area contributed by atoms with Gasteiger partial charge >= 0.3 is 0 Å². The molecule has 2 rings (SSSR count). The van der Waals surface area contributed by atoms with Crippen molar-refractivity contribution in [3.8, 4) is 0 Å². The van der Waals surface area contributed by atoms with Crippen molar-refractivity contribution in [3.63, 3.8) is 0 Å². The van der Waals surface area contributed by atoms with Gasteiger partial charge in [-0.05, 0) is 23.8 Å². The number of nitrogens with one attached hydrogen (secondary N) is 1. The summed E-state index contributed by atoms with van der Waals surface area (Å²) in [7, 11) is -3.66.